The van der Waals surface area contributed by atoms with Crippen LogP contribution in [0.2, 0.25) is 0 Å². The van der Waals surface area contributed by atoms with Gasteiger partial charge < -0.3 is 5.73 Å². The lowest BCUT2D eigenvalue weighted by Gasteiger charge is -2.32. The van der Waals surface area contributed by atoms with Crippen molar-refractivity contribution in [2.45, 2.75) is 44.6 Å². The number of benzene rings is 1. The summed E-state index contributed by atoms with van der Waals surface area (Å²) in [5, 5.41) is 0. The van der Waals surface area contributed by atoms with Crippen molar-refractivity contribution in [2.24, 2.45) is 11.7 Å². The summed E-state index contributed by atoms with van der Waals surface area (Å²) in [6.07, 6.45) is 6.51. The van der Waals surface area contributed by atoms with E-state index in [-0.39, 0.29) is 41.1 Å². The zero-order valence-corrected chi connectivity index (χ0v) is 17.4. The minimum Gasteiger partial charge on any atom is -0.328 e. The van der Waals surface area contributed by atoms with Crippen molar-refractivity contribution in [3.8, 4) is 11.3 Å². The van der Waals surface area contributed by atoms with Gasteiger partial charge in [0.05, 0.1) is 11.3 Å². The molecular weight excluding hydrogens is 396 g/mol. The average Bonchev–Trinajstić information content (AvgIpc) is 2.73. The smallest absolute Gasteiger partial charge is 0.185 e. The maximum absolute atomic E-state index is 14.2. The first kappa shape index (κ1) is 21.2. The van der Waals surface area contributed by atoms with Gasteiger partial charge >= 0.3 is 0 Å². The van der Waals surface area contributed by atoms with E-state index in [9.17, 15) is 13.6 Å². The van der Waals surface area contributed by atoms with Crippen LogP contribution >= 0.6 is 0 Å². The molecule has 0 spiro atoms. The number of hydrogen-bond donors (Lipinski definition) is 1. The second kappa shape index (κ2) is 9.02. The van der Waals surface area contributed by atoms with E-state index in [0.717, 1.165) is 30.4 Å². The van der Waals surface area contributed by atoms with Gasteiger partial charge in [-0.05, 0) is 72.6 Å². The number of rotatable bonds is 5. The monoisotopic (exact) mass is 421 g/mol. The Morgan fingerprint density at radius 1 is 1.06 bits per heavy atom. The molecule has 31 heavy (non-hydrogen) atoms. The van der Waals surface area contributed by atoms with Crippen molar-refractivity contribution in [1.82, 2.24) is 9.97 Å². The Morgan fingerprint density at radius 3 is 2.55 bits per heavy atom. The van der Waals surface area contributed by atoms with Crippen molar-refractivity contribution in [2.75, 3.05) is 0 Å². The van der Waals surface area contributed by atoms with Crippen LogP contribution in [-0.2, 0) is 6.42 Å². The third-order valence-corrected chi connectivity index (χ3v) is 5.97. The Kier molecular flexibility index (Phi) is 6.18. The summed E-state index contributed by atoms with van der Waals surface area (Å²) >= 11 is 0. The van der Waals surface area contributed by atoms with Gasteiger partial charge in [0.15, 0.2) is 5.78 Å². The van der Waals surface area contributed by atoms with Crippen LogP contribution in [0, 0.1) is 17.6 Å². The van der Waals surface area contributed by atoms with Gasteiger partial charge in [0.2, 0.25) is 0 Å². The predicted molar refractivity (Wildman–Crippen MR) is 116 cm³/mol. The maximum Gasteiger partial charge on any atom is 0.185 e. The second-order valence-corrected chi connectivity index (χ2v) is 8.45. The number of nitrogens with two attached hydrogens (primary N) is 1. The molecule has 0 unspecified atom stereocenters. The molecule has 2 aromatic heterocycles. The van der Waals surface area contributed by atoms with Gasteiger partial charge in [-0.3, -0.25) is 9.78 Å². The van der Waals surface area contributed by atoms with E-state index in [1.165, 1.54) is 24.3 Å². The molecule has 1 aliphatic carbocycles. The topological polar surface area (TPSA) is 68.9 Å². The number of hydrogen-bond acceptors (Lipinski definition) is 4. The van der Waals surface area contributed by atoms with E-state index >= 15 is 0 Å². The molecule has 2 N–H and O–H groups in total. The Labute approximate surface area is 180 Å². The van der Waals surface area contributed by atoms with Gasteiger partial charge in [-0.1, -0.05) is 19.1 Å². The van der Waals surface area contributed by atoms with Crippen LogP contribution < -0.4 is 5.73 Å². The Bertz CT molecular complexity index is 1070. The summed E-state index contributed by atoms with van der Waals surface area (Å²) in [5.74, 6) is -0.833. The van der Waals surface area contributed by atoms with E-state index in [2.05, 4.69) is 16.9 Å². The van der Waals surface area contributed by atoms with Crippen LogP contribution in [0.4, 0.5) is 8.78 Å². The lowest BCUT2D eigenvalue weighted by molar-refractivity contribution is 0.0987. The molecule has 4 rings (SSSR count). The predicted octanol–water partition coefficient (Wildman–Crippen LogP) is 5.08. The number of halogens is 2. The molecule has 6 heteroatoms. The molecule has 160 valence electrons. The summed E-state index contributed by atoms with van der Waals surface area (Å²) in [7, 11) is 0. The van der Waals surface area contributed by atoms with Gasteiger partial charge in [0, 0.05) is 24.9 Å². The number of Topliss-reactive ketones (excluding diaryl/α,β-unsaturated/α-hetero) is 1. The molecule has 2 heterocycles. The van der Waals surface area contributed by atoms with Crippen molar-refractivity contribution in [1.29, 1.82) is 0 Å². The molecule has 1 saturated carbocycles. The van der Waals surface area contributed by atoms with Crippen molar-refractivity contribution in [3.63, 3.8) is 0 Å². The third-order valence-electron chi connectivity index (χ3n) is 5.97. The van der Waals surface area contributed by atoms with E-state index < -0.39 is 11.6 Å². The highest BCUT2D eigenvalue weighted by molar-refractivity contribution is 5.96. The van der Waals surface area contributed by atoms with E-state index in [4.69, 9.17) is 5.73 Å². The molecule has 0 saturated heterocycles. The molecule has 3 atom stereocenters. The van der Waals surface area contributed by atoms with Crippen LogP contribution in [-0.4, -0.2) is 21.8 Å². The van der Waals surface area contributed by atoms with E-state index in [1.54, 1.807) is 24.5 Å². The minimum atomic E-state index is -0.714. The molecular formula is C25H25F2N3O. The summed E-state index contributed by atoms with van der Waals surface area (Å²) in [6.45, 7) is 2.20. The molecule has 3 aromatic rings. The summed E-state index contributed by atoms with van der Waals surface area (Å²) < 4.78 is 28.3. The number of nitrogens with zero attached hydrogens (tertiary/aromatic N) is 2. The standard InChI is InChI=1S/C25H25F2N3O/c1-15-10-16(12-18(28)11-15)19-8-9-29-14-17(19)13-24(31)22-6-3-7-23(30-22)25-20(26)4-2-5-21(25)27/h2-9,14-16,18H,10-13,28H2,1H3/t15-,16+,18-/m0/s1. The van der Waals surface area contributed by atoms with Gasteiger partial charge in [-0.25, -0.2) is 13.8 Å². The highest BCUT2D eigenvalue weighted by Gasteiger charge is 2.27. The largest absolute Gasteiger partial charge is 0.328 e. The normalized spacial score (nSPS) is 21.1. The molecule has 0 aliphatic heterocycles. The van der Waals surface area contributed by atoms with Gasteiger partial charge in [0.25, 0.3) is 0 Å². The first-order valence-electron chi connectivity index (χ1n) is 10.6. The maximum atomic E-state index is 14.2. The molecule has 4 nitrogen and oxygen atoms in total. The fraction of sp³-hybridized carbons (Fsp3) is 0.320. The highest BCUT2D eigenvalue weighted by atomic mass is 19.1. The molecule has 0 bridgehead atoms. The Morgan fingerprint density at radius 2 is 1.81 bits per heavy atom. The fourth-order valence-corrected chi connectivity index (χ4v) is 4.63. The van der Waals surface area contributed by atoms with Gasteiger partial charge in [-0.2, -0.15) is 0 Å². The van der Waals surface area contributed by atoms with Crippen molar-refractivity contribution in [3.05, 3.63) is 83.3 Å². The summed E-state index contributed by atoms with van der Waals surface area (Å²) in [5.41, 5.74) is 8.22. The summed E-state index contributed by atoms with van der Waals surface area (Å²) in [6, 6.07) is 10.4. The van der Waals surface area contributed by atoms with Gasteiger partial charge in [-0.15, -0.1) is 0 Å². The first-order chi connectivity index (χ1) is 14.9. The summed E-state index contributed by atoms with van der Waals surface area (Å²) in [4.78, 5) is 21.5. The Hall–Kier alpha value is -2.99. The molecule has 1 fully saturated rings. The quantitative estimate of drug-likeness (QED) is 0.584. The number of carbonyl (C=O) groups is 1. The SMILES string of the molecule is C[C@@H]1C[C@H](N)C[C@H](c2ccncc2CC(=O)c2cccc(-c3c(F)cccc3F)n2)C1. The third kappa shape index (κ3) is 4.69. The molecule has 0 amide bonds. The number of aromatic nitrogens is 2. The van der Waals surface area contributed by atoms with E-state index in [0.29, 0.717) is 5.92 Å². The number of carbonyl (C=O) groups excluding carboxylic acids is 1. The number of pyridine rings is 2. The average molecular weight is 421 g/mol. The van der Waals surface area contributed by atoms with Crippen LogP contribution in [0.1, 0.15) is 53.7 Å². The lowest BCUT2D eigenvalue weighted by atomic mass is 9.75. The zero-order chi connectivity index (χ0) is 22.0. The highest BCUT2D eigenvalue weighted by Crippen LogP contribution is 2.37. The first-order valence-corrected chi connectivity index (χ1v) is 10.6. The zero-order valence-electron chi connectivity index (χ0n) is 17.4. The molecule has 1 aliphatic rings. The van der Waals surface area contributed by atoms with E-state index in [1.807, 2.05) is 6.07 Å². The van der Waals surface area contributed by atoms with Crippen LogP contribution in [0.5, 0.6) is 0 Å². The van der Waals surface area contributed by atoms with Gasteiger partial charge in [0.1, 0.15) is 17.3 Å². The number of ketones is 1. The fourth-order valence-electron chi connectivity index (χ4n) is 4.63. The van der Waals surface area contributed by atoms with Crippen LogP contribution in [0.15, 0.2) is 54.9 Å². The molecule has 1 aromatic carbocycles. The van der Waals surface area contributed by atoms with Crippen LogP contribution in [0.3, 0.4) is 0 Å². The van der Waals surface area contributed by atoms with Crippen molar-refractivity contribution >= 4 is 5.78 Å². The second-order valence-electron chi connectivity index (χ2n) is 8.45. The minimum absolute atomic E-state index is 0.0972. The van der Waals surface area contributed by atoms with Crippen molar-refractivity contribution < 1.29 is 13.6 Å². The lowest BCUT2D eigenvalue weighted by Crippen LogP contribution is -2.31. The van der Waals surface area contributed by atoms with Crippen LogP contribution in [0.25, 0.3) is 11.3 Å². The Balaban J connectivity index is 1.60. The molecule has 0 radical (unpaired) electrons.